The van der Waals surface area contributed by atoms with Gasteiger partial charge in [-0.05, 0) is 18.4 Å². The lowest BCUT2D eigenvalue weighted by Crippen LogP contribution is -2.27. The minimum Gasteiger partial charge on any atom is -0.488 e. The molecule has 0 saturated heterocycles. The average Bonchev–Trinajstić information content (AvgIpc) is 3.00. The quantitative estimate of drug-likeness (QED) is 0.593. The number of fused-ring (bicyclic) bond motifs is 1. The van der Waals surface area contributed by atoms with Crippen LogP contribution in [0.25, 0.3) is 10.2 Å². The standard InChI is InChI=1S/C21H25N3O5S/c1-10(2)9-29-15-7-22-13(6-14(15)25)8-24-18(11(3)4)23-19-16(20(24)26)12(5)17(30-19)21(27)28/h6-7,10-11H,8-9H2,1-5H3,(H,22,25)(H,27,28). The smallest absolute Gasteiger partial charge is 0.346 e. The van der Waals surface area contributed by atoms with Crippen molar-refractivity contribution in [2.75, 3.05) is 6.61 Å². The van der Waals surface area contributed by atoms with Crippen molar-refractivity contribution in [2.45, 2.75) is 47.1 Å². The van der Waals surface area contributed by atoms with E-state index in [1.54, 1.807) is 6.92 Å². The zero-order valence-corrected chi connectivity index (χ0v) is 18.4. The Balaban J connectivity index is 2.08. The fraction of sp³-hybridized carbons (Fsp3) is 0.429. The van der Waals surface area contributed by atoms with Crippen LogP contribution in [-0.4, -0.2) is 32.2 Å². The fourth-order valence-electron chi connectivity index (χ4n) is 3.16. The highest BCUT2D eigenvalue weighted by Gasteiger charge is 2.22. The van der Waals surface area contributed by atoms with Crippen LogP contribution in [-0.2, 0) is 6.54 Å². The van der Waals surface area contributed by atoms with E-state index in [0.717, 1.165) is 11.3 Å². The first-order chi connectivity index (χ1) is 14.1. The number of aryl methyl sites for hydroxylation is 1. The van der Waals surface area contributed by atoms with E-state index >= 15 is 0 Å². The van der Waals surface area contributed by atoms with Crippen molar-refractivity contribution in [3.05, 3.63) is 54.8 Å². The van der Waals surface area contributed by atoms with Gasteiger partial charge in [0.15, 0.2) is 5.75 Å². The third-order valence-corrected chi connectivity index (χ3v) is 5.80. The first kappa shape index (κ1) is 21.8. The molecule has 0 fully saturated rings. The third-order valence-electron chi connectivity index (χ3n) is 4.63. The summed E-state index contributed by atoms with van der Waals surface area (Å²) in [6.07, 6.45) is 1.50. The van der Waals surface area contributed by atoms with E-state index in [0.29, 0.717) is 39.8 Å². The van der Waals surface area contributed by atoms with Gasteiger partial charge < -0.3 is 14.8 Å². The SMILES string of the molecule is Cc1c(C(=O)O)sc2nc(C(C)C)n(Cc3cc(=O)c(OCC(C)C)c[nH]3)c(=O)c12. The number of rotatable bonds is 7. The van der Waals surface area contributed by atoms with E-state index < -0.39 is 5.97 Å². The molecule has 0 unspecified atom stereocenters. The van der Waals surface area contributed by atoms with Gasteiger partial charge in [0.1, 0.15) is 15.5 Å². The molecule has 0 amide bonds. The van der Waals surface area contributed by atoms with E-state index in [1.165, 1.54) is 16.8 Å². The third kappa shape index (κ3) is 4.16. The normalized spacial score (nSPS) is 11.6. The number of hydrogen-bond donors (Lipinski definition) is 2. The van der Waals surface area contributed by atoms with Gasteiger partial charge in [0.2, 0.25) is 5.43 Å². The number of carboxylic acids is 1. The first-order valence-electron chi connectivity index (χ1n) is 9.71. The number of aromatic carboxylic acids is 1. The summed E-state index contributed by atoms with van der Waals surface area (Å²) in [7, 11) is 0. The van der Waals surface area contributed by atoms with Crippen molar-refractivity contribution in [3.63, 3.8) is 0 Å². The second-order valence-electron chi connectivity index (χ2n) is 7.95. The molecule has 0 aliphatic rings. The largest absolute Gasteiger partial charge is 0.488 e. The first-order valence-corrected chi connectivity index (χ1v) is 10.5. The highest BCUT2D eigenvalue weighted by molar-refractivity contribution is 7.20. The van der Waals surface area contributed by atoms with Crippen LogP contribution in [0.3, 0.4) is 0 Å². The average molecular weight is 432 g/mol. The molecule has 0 aliphatic carbocycles. The molecule has 0 bridgehead atoms. The Morgan fingerprint density at radius 1 is 1.30 bits per heavy atom. The topological polar surface area (TPSA) is 114 Å². The number of nitrogens with zero attached hydrogens (tertiary/aromatic N) is 2. The molecule has 0 radical (unpaired) electrons. The van der Waals surface area contributed by atoms with Crippen molar-refractivity contribution in [1.29, 1.82) is 0 Å². The maximum atomic E-state index is 13.3. The molecule has 9 heteroatoms. The lowest BCUT2D eigenvalue weighted by Gasteiger charge is -2.15. The van der Waals surface area contributed by atoms with Gasteiger partial charge in [-0.25, -0.2) is 9.78 Å². The number of hydrogen-bond acceptors (Lipinski definition) is 6. The molecule has 3 aromatic rings. The highest BCUT2D eigenvalue weighted by Crippen LogP contribution is 2.28. The van der Waals surface area contributed by atoms with Crippen LogP contribution in [0, 0.1) is 12.8 Å². The van der Waals surface area contributed by atoms with Crippen LogP contribution in [0.4, 0.5) is 0 Å². The number of aromatic nitrogens is 3. The van der Waals surface area contributed by atoms with Crippen molar-refractivity contribution >= 4 is 27.5 Å². The second-order valence-corrected chi connectivity index (χ2v) is 8.95. The zero-order chi connectivity index (χ0) is 22.2. The van der Waals surface area contributed by atoms with Crippen LogP contribution in [0.5, 0.6) is 5.75 Å². The summed E-state index contributed by atoms with van der Waals surface area (Å²) in [5, 5.41) is 9.70. The molecule has 3 heterocycles. The predicted octanol–water partition coefficient (Wildman–Crippen LogP) is 3.36. The van der Waals surface area contributed by atoms with E-state index in [9.17, 15) is 19.5 Å². The minimum absolute atomic E-state index is 0.0712. The molecule has 8 nitrogen and oxygen atoms in total. The molecule has 0 spiro atoms. The monoisotopic (exact) mass is 431 g/mol. The van der Waals surface area contributed by atoms with Crippen molar-refractivity contribution in [3.8, 4) is 5.75 Å². The van der Waals surface area contributed by atoms with Crippen LogP contribution in [0.15, 0.2) is 21.9 Å². The van der Waals surface area contributed by atoms with E-state index in [2.05, 4.69) is 9.97 Å². The summed E-state index contributed by atoms with van der Waals surface area (Å²) in [6.45, 7) is 9.98. The Labute approximate surface area is 177 Å². The van der Waals surface area contributed by atoms with Gasteiger partial charge in [-0.3, -0.25) is 14.2 Å². The maximum absolute atomic E-state index is 13.3. The minimum atomic E-state index is -1.08. The Bertz CT molecular complexity index is 1220. The van der Waals surface area contributed by atoms with E-state index in [-0.39, 0.29) is 34.1 Å². The van der Waals surface area contributed by atoms with Crippen molar-refractivity contribution in [2.24, 2.45) is 5.92 Å². The molecule has 160 valence electrons. The van der Waals surface area contributed by atoms with Crippen LogP contribution < -0.4 is 15.7 Å². The number of pyridine rings is 1. The molecule has 30 heavy (non-hydrogen) atoms. The molecule has 3 aromatic heterocycles. The molecular formula is C21H25N3O5S. The lowest BCUT2D eigenvalue weighted by molar-refractivity contribution is 0.0701. The van der Waals surface area contributed by atoms with Gasteiger partial charge >= 0.3 is 5.97 Å². The maximum Gasteiger partial charge on any atom is 0.346 e. The summed E-state index contributed by atoms with van der Waals surface area (Å²) in [6, 6.07) is 1.42. The van der Waals surface area contributed by atoms with Gasteiger partial charge in [0, 0.05) is 23.9 Å². The molecule has 0 saturated carbocycles. The zero-order valence-electron chi connectivity index (χ0n) is 17.6. The Hall–Kier alpha value is -2.94. The van der Waals surface area contributed by atoms with Crippen LogP contribution >= 0.6 is 11.3 Å². The molecule has 0 aromatic carbocycles. The predicted molar refractivity (Wildman–Crippen MR) is 116 cm³/mol. The Morgan fingerprint density at radius 2 is 2.00 bits per heavy atom. The number of carbonyl (C=O) groups is 1. The summed E-state index contributed by atoms with van der Waals surface area (Å²) in [5.41, 5.74) is 0.367. The van der Waals surface area contributed by atoms with Gasteiger partial charge in [0.25, 0.3) is 5.56 Å². The number of aromatic amines is 1. The number of carboxylic acid groups (broad SMARTS) is 1. The second kappa shape index (κ2) is 8.43. The summed E-state index contributed by atoms with van der Waals surface area (Å²) in [4.78, 5) is 45.3. The Kier molecular flexibility index (Phi) is 6.12. The molecule has 2 N–H and O–H groups in total. The van der Waals surface area contributed by atoms with E-state index in [4.69, 9.17) is 4.74 Å². The summed E-state index contributed by atoms with van der Waals surface area (Å²) in [5.74, 6) is -0.0884. The van der Waals surface area contributed by atoms with Gasteiger partial charge in [0.05, 0.1) is 18.5 Å². The molecular weight excluding hydrogens is 406 g/mol. The fourth-order valence-corrected chi connectivity index (χ4v) is 4.18. The molecule has 0 atom stereocenters. The van der Waals surface area contributed by atoms with Crippen molar-refractivity contribution in [1.82, 2.24) is 14.5 Å². The molecule has 3 rings (SSSR count). The number of thiophene rings is 1. The van der Waals surface area contributed by atoms with Gasteiger partial charge in [-0.2, -0.15) is 0 Å². The lowest BCUT2D eigenvalue weighted by atomic mass is 10.1. The number of ether oxygens (including phenoxy) is 1. The Morgan fingerprint density at radius 3 is 2.57 bits per heavy atom. The van der Waals surface area contributed by atoms with E-state index in [1.807, 2.05) is 27.7 Å². The van der Waals surface area contributed by atoms with Crippen molar-refractivity contribution < 1.29 is 14.6 Å². The summed E-state index contributed by atoms with van der Waals surface area (Å²) < 4.78 is 7.01. The number of nitrogens with one attached hydrogen (secondary N) is 1. The number of H-pyrrole nitrogens is 1. The summed E-state index contributed by atoms with van der Waals surface area (Å²) >= 11 is 1.01. The van der Waals surface area contributed by atoms with Crippen LogP contribution in [0.2, 0.25) is 0 Å². The molecule has 0 aliphatic heterocycles. The highest BCUT2D eigenvalue weighted by atomic mass is 32.1. The van der Waals surface area contributed by atoms with Gasteiger partial charge in [-0.15, -0.1) is 11.3 Å². The van der Waals surface area contributed by atoms with Gasteiger partial charge in [-0.1, -0.05) is 27.7 Å². The van der Waals surface area contributed by atoms with Crippen LogP contribution in [0.1, 0.15) is 60.4 Å².